The van der Waals surface area contributed by atoms with E-state index in [4.69, 9.17) is 4.98 Å². The van der Waals surface area contributed by atoms with Gasteiger partial charge in [0.2, 0.25) is 5.13 Å². The molecule has 0 bridgehead atoms. The molecule has 9 heteroatoms. The molecule has 0 spiro atoms. The van der Waals surface area contributed by atoms with Crippen LogP contribution in [0.15, 0.2) is 41.8 Å². The van der Waals surface area contributed by atoms with Crippen molar-refractivity contribution in [2.24, 2.45) is 0 Å². The molecule has 158 valence electrons. The van der Waals surface area contributed by atoms with Crippen molar-refractivity contribution in [1.29, 1.82) is 0 Å². The van der Waals surface area contributed by atoms with Crippen molar-refractivity contribution in [1.82, 2.24) is 19.6 Å². The summed E-state index contributed by atoms with van der Waals surface area (Å²) in [6, 6.07) is 12.2. The van der Waals surface area contributed by atoms with E-state index in [1.165, 1.54) is 17.1 Å². The highest BCUT2D eigenvalue weighted by molar-refractivity contribution is 7.14. The maximum absolute atomic E-state index is 12.0. The molecule has 2 amide bonds. The number of nitrogens with one attached hydrogen (secondary N) is 2. The molecule has 0 atom stereocenters. The minimum Gasteiger partial charge on any atom is -0.344 e. The Morgan fingerprint density at radius 1 is 1.17 bits per heavy atom. The van der Waals surface area contributed by atoms with Gasteiger partial charge in [-0.05, 0) is 29.5 Å². The minimum atomic E-state index is -0.143. The predicted octanol–water partition coefficient (Wildman–Crippen LogP) is 3.44. The van der Waals surface area contributed by atoms with Crippen LogP contribution in [0.1, 0.15) is 17.0 Å². The SMILES string of the molecule is Cc1csc(NC(=O)NCCN2CCN(c3nc(Cc4ccccc4)ns3)CC2)c1. The van der Waals surface area contributed by atoms with Gasteiger partial charge in [-0.3, -0.25) is 10.2 Å². The Morgan fingerprint density at radius 2 is 1.97 bits per heavy atom. The van der Waals surface area contributed by atoms with Gasteiger partial charge >= 0.3 is 6.03 Å². The van der Waals surface area contributed by atoms with Crippen LogP contribution in [0.5, 0.6) is 0 Å². The first-order chi connectivity index (χ1) is 14.7. The number of aryl methyl sites for hydroxylation is 1. The molecule has 3 heterocycles. The number of piperazine rings is 1. The Bertz CT molecular complexity index is 949. The van der Waals surface area contributed by atoms with Gasteiger partial charge < -0.3 is 10.2 Å². The summed E-state index contributed by atoms with van der Waals surface area (Å²) in [7, 11) is 0. The van der Waals surface area contributed by atoms with Gasteiger partial charge in [-0.15, -0.1) is 11.3 Å². The molecule has 7 nitrogen and oxygen atoms in total. The normalized spacial score (nSPS) is 14.6. The van der Waals surface area contributed by atoms with Crippen molar-refractivity contribution in [2.45, 2.75) is 13.3 Å². The van der Waals surface area contributed by atoms with E-state index in [1.807, 2.05) is 36.6 Å². The number of rotatable bonds is 7. The number of nitrogens with zero attached hydrogens (tertiary/aromatic N) is 4. The Labute approximate surface area is 184 Å². The van der Waals surface area contributed by atoms with Crippen LogP contribution in [0, 0.1) is 6.92 Å². The van der Waals surface area contributed by atoms with E-state index in [0.29, 0.717) is 6.54 Å². The van der Waals surface area contributed by atoms with E-state index in [1.54, 1.807) is 11.3 Å². The molecule has 1 aromatic carbocycles. The Balaban J connectivity index is 1.17. The summed E-state index contributed by atoms with van der Waals surface area (Å²) in [5.41, 5.74) is 2.40. The second-order valence-electron chi connectivity index (χ2n) is 7.35. The standard InChI is InChI=1S/C21H26N6OS2/c1-16-13-19(29-15-16)24-20(28)22-7-8-26-9-11-27(12-10-26)21-23-18(25-30-21)14-17-5-3-2-4-6-17/h2-6,13,15H,7-12,14H2,1H3,(H2,22,24,28). The molecule has 2 N–H and O–H groups in total. The van der Waals surface area contributed by atoms with Crippen LogP contribution >= 0.6 is 22.9 Å². The van der Waals surface area contributed by atoms with E-state index in [9.17, 15) is 4.79 Å². The lowest BCUT2D eigenvalue weighted by atomic mass is 10.1. The molecule has 0 radical (unpaired) electrons. The summed E-state index contributed by atoms with van der Waals surface area (Å²) in [6.07, 6.45) is 0.774. The van der Waals surface area contributed by atoms with Crippen molar-refractivity contribution in [2.75, 3.05) is 49.5 Å². The number of anilines is 2. The van der Waals surface area contributed by atoms with Crippen LogP contribution in [-0.4, -0.2) is 59.6 Å². The van der Waals surface area contributed by atoms with Gasteiger partial charge in [-0.2, -0.15) is 4.37 Å². The molecule has 0 aliphatic carbocycles. The number of urea groups is 1. The smallest absolute Gasteiger partial charge is 0.319 e. The number of carbonyl (C=O) groups is 1. The monoisotopic (exact) mass is 442 g/mol. The second kappa shape index (κ2) is 10.0. The predicted molar refractivity (Wildman–Crippen MR) is 124 cm³/mol. The van der Waals surface area contributed by atoms with E-state index in [2.05, 4.69) is 36.9 Å². The largest absolute Gasteiger partial charge is 0.344 e. The average molecular weight is 443 g/mol. The molecular weight excluding hydrogens is 416 g/mol. The first kappa shape index (κ1) is 20.8. The number of aromatic nitrogens is 2. The van der Waals surface area contributed by atoms with Crippen LogP contribution in [0.3, 0.4) is 0 Å². The minimum absolute atomic E-state index is 0.143. The lowest BCUT2D eigenvalue weighted by Gasteiger charge is -2.34. The molecule has 2 aromatic heterocycles. The van der Waals surface area contributed by atoms with Crippen LogP contribution in [0.25, 0.3) is 0 Å². The molecule has 1 saturated heterocycles. The zero-order valence-electron chi connectivity index (χ0n) is 17.0. The van der Waals surface area contributed by atoms with Gasteiger partial charge in [0.25, 0.3) is 0 Å². The highest BCUT2D eigenvalue weighted by Gasteiger charge is 2.20. The van der Waals surface area contributed by atoms with Crippen molar-refractivity contribution < 1.29 is 4.79 Å². The highest BCUT2D eigenvalue weighted by Crippen LogP contribution is 2.21. The van der Waals surface area contributed by atoms with Crippen LogP contribution in [0.2, 0.25) is 0 Å². The first-order valence-electron chi connectivity index (χ1n) is 10.1. The second-order valence-corrected chi connectivity index (χ2v) is 8.99. The van der Waals surface area contributed by atoms with Crippen molar-refractivity contribution in [3.8, 4) is 0 Å². The Hall–Kier alpha value is -2.49. The zero-order valence-corrected chi connectivity index (χ0v) is 18.6. The van der Waals surface area contributed by atoms with E-state index < -0.39 is 0 Å². The number of benzene rings is 1. The third-order valence-corrected chi connectivity index (χ3v) is 6.76. The fourth-order valence-electron chi connectivity index (χ4n) is 3.37. The average Bonchev–Trinajstić information content (AvgIpc) is 3.38. The van der Waals surface area contributed by atoms with E-state index in [-0.39, 0.29) is 6.03 Å². The lowest BCUT2D eigenvalue weighted by Crippen LogP contribution is -2.48. The number of thiophene rings is 1. The Kier molecular flexibility index (Phi) is 6.93. The van der Waals surface area contributed by atoms with E-state index in [0.717, 1.165) is 60.7 Å². The molecule has 0 saturated carbocycles. The molecule has 1 fully saturated rings. The number of hydrogen-bond donors (Lipinski definition) is 2. The summed E-state index contributed by atoms with van der Waals surface area (Å²) in [4.78, 5) is 21.4. The fourth-order valence-corrected chi connectivity index (χ4v) is 4.89. The summed E-state index contributed by atoms with van der Waals surface area (Å²) in [5.74, 6) is 0.889. The molecule has 0 unspecified atom stereocenters. The molecule has 30 heavy (non-hydrogen) atoms. The number of hydrogen-bond acceptors (Lipinski definition) is 7. The molecule has 4 rings (SSSR count). The molecule has 3 aromatic rings. The maximum Gasteiger partial charge on any atom is 0.319 e. The quantitative estimate of drug-likeness (QED) is 0.586. The van der Waals surface area contributed by atoms with Gasteiger partial charge in [-0.1, -0.05) is 30.3 Å². The van der Waals surface area contributed by atoms with Gasteiger partial charge in [0.05, 0.1) is 5.00 Å². The lowest BCUT2D eigenvalue weighted by molar-refractivity contribution is 0.240. The summed E-state index contributed by atoms with van der Waals surface area (Å²) in [5, 5.41) is 9.72. The van der Waals surface area contributed by atoms with Crippen LogP contribution < -0.4 is 15.5 Å². The van der Waals surface area contributed by atoms with E-state index >= 15 is 0 Å². The van der Waals surface area contributed by atoms with Gasteiger partial charge in [0.1, 0.15) is 5.82 Å². The summed E-state index contributed by atoms with van der Waals surface area (Å²) < 4.78 is 4.53. The van der Waals surface area contributed by atoms with Gasteiger partial charge in [-0.25, -0.2) is 9.78 Å². The van der Waals surface area contributed by atoms with Crippen molar-refractivity contribution in [3.05, 3.63) is 58.7 Å². The van der Waals surface area contributed by atoms with Gasteiger partial charge in [0, 0.05) is 57.2 Å². The summed E-state index contributed by atoms with van der Waals surface area (Å²) in [6.45, 7) is 7.28. The third kappa shape index (κ3) is 5.78. The zero-order chi connectivity index (χ0) is 20.8. The van der Waals surface area contributed by atoms with Crippen molar-refractivity contribution in [3.63, 3.8) is 0 Å². The maximum atomic E-state index is 12.0. The van der Waals surface area contributed by atoms with Crippen LogP contribution in [-0.2, 0) is 6.42 Å². The third-order valence-electron chi connectivity index (χ3n) is 4.99. The first-order valence-corrected chi connectivity index (χ1v) is 11.7. The Morgan fingerprint density at radius 3 is 2.70 bits per heavy atom. The van der Waals surface area contributed by atoms with Crippen LogP contribution in [0.4, 0.5) is 14.9 Å². The highest BCUT2D eigenvalue weighted by atomic mass is 32.1. The molecule has 1 aliphatic rings. The summed E-state index contributed by atoms with van der Waals surface area (Å²) >= 11 is 3.02. The number of carbonyl (C=O) groups excluding carboxylic acids is 1. The molecule has 1 aliphatic heterocycles. The van der Waals surface area contributed by atoms with Gasteiger partial charge in [0.15, 0.2) is 0 Å². The fraction of sp³-hybridized carbons (Fsp3) is 0.381. The molecular formula is C21H26N6OS2. The topological polar surface area (TPSA) is 73.4 Å². The van der Waals surface area contributed by atoms with Crippen molar-refractivity contribution >= 4 is 39.0 Å². The number of amides is 2.